The van der Waals surface area contributed by atoms with Gasteiger partial charge in [0.2, 0.25) is 0 Å². The SMILES string of the molecule is CC(C)(C)c1ccc([PH+](c2ccccc2)c2ccccc2)cc1.CC(C)C(OC(=O)C12CC3CC(CC(C3)C1)C2)C(F)(F)C(=O)O. The van der Waals surface area contributed by atoms with Gasteiger partial charge in [-0.1, -0.05) is 83.1 Å². The van der Waals surface area contributed by atoms with Crippen LogP contribution in [-0.2, 0) is 19.7 Å². The average molecular weight is 650 g/mol. The zero-order valence-electron chi connectivity index (χ0n) is 27.6. The molecule has 7 heteroatoms. The number of hydrogen-bond donors (Lipinski definition) is 1. The Kier molecular flexibility index (Phi) is 10.1. The summed E-state index contributed by atoms with van der Waals surface area (Å²) in [6.45, 7) is 9.70. The summed E-state index contributed by atoms with van der Waals surface area (Å²) in [4.78, 5) is 23.6. The molecule has 4 bridgehead atoms. The largest absolute Gasteiger partial charge is 0.477 e. The van der Waals surface area contributed by atoms with Gasteiger partial charge in [0.25, 0.3) is 0 Å². The van der Waals surface area contributed by atoms with Crippen molar-refractivity contribution in [3.05, 3.63) is 90.5 Å². The van der Waals surface area contributed by atoms with Crippen LogP contribution in [0.1, 0.15) is 78.7 Å². The Balaban J connectivity index is 0.000000181. The lowest BCUT2D eigenvalue weighted by molar-refractivity contribution is -0.211. The van der Waals surface area contributed by atoms with Crippen molar-refractivity contribution in [1.82, 2.24) is 0 Å². The van der Waals surface area contributed by atoms with Crippen LogP contribution in [0.2, 0.25) is 0 Å². The quantitative estimate of drug-likeness (QED) is 0.199. The molecule has 0 aliphatic heterocycles. The van der Waals surface area contributed by atoms with Crippen LogP contribution in [0.5, 0.6) is 0 Å². The zero-order valence-corrected chi connectivity index (χ0v) is 28.6. The van der Waals surface area contributed by atoms with Crippen LogP contribution in [0.15, 0.2) is 84.9 Å². The minimum atomic E-state index is -4.06. The molecule has 1 N–H and O–H groups in total. The third-order valence-electron chi connectivity index (χ3n) is 10.1. The molecule has 7 rings (SSSR count). The zero-order chi connectivity index (χ0) is 33.3. The normalized spacial score (nSPS) is 24.3. The number of benzene rings is 3. The summed E-state index contributed by atoms with van der Waals surface area (Å²) < 4.78 is 33.0. The molecule has 0 radical (unpaired) electrons. The Morgan fingerprint density at radius 3 is 1.54 bits per heavy atom. The molecule has 3 aromatic carbocycles. The summed E-state index contributed by atoms with van der Waals surface area (Å²) in [5, 5.41) is 13.1. The van der Waals surface area contributed by atoms with Gasteiger partial charge in [0.05, 0.1) is 13.3 Å². The highest BCUT2D eigenvalue weighted by atomic mass is 31.1. The van der Waals surface area contributed by atoms with Crippen molar-refractivity contribution in [2.45, 2.75) is 90.6 Å². The van der Waals surface area contributed by atoms with Crippen LogP contribution in [0.25, 0.3) is 0 Å². The predicted molar refractivity (Wildman–Crippen MR) is 183 cm³/mol. The molecule has 0 spiro atoms. The van der Waals surface area contributed by atoms with Crippen molar-refractivity contribution in [3.8, 4) is 0 Å². The number of rotatable bonds is 8. The van der Waals surface area contributed by atoms with Crippen LogP contribution in [0.4, 0.5) is 8.78 Å². The molecular weight excluding hydrogens is 601 g/mol. The molecule has 3 aromatic rings. The fourth-order valence-corrected chi connectivity index (χ4v) is 10.7. The minimum Gasteiger partial charge on any atom is -0.477 e. The van der Waals surface area contributed by atoms with Gasteiger partial charge in [-0.05, 0) is 110 Å². The van der Waals surface area contributed by atoms with Gasteiger partial charge in [-0.15, -0.1) is 0 Å². The van der Waals surface area contributed by atoms with Gasteiger partial charge in [0.1, 0.15) is 15.9 Å². The van der Waals surface area contributed by atoms with E-state index in [9.17, 15) is 18.4 Å². The Hall–Kier alpha value is -3.11. The van der Waals surface area contributed by atoms with Crippen molar-refractivity contribution < 1.29 is 28.2 Å². The van der Waals surface area contributed by atoms with E-state index in [0.29, 0.717) is 37.0 Å². The molecule has 0 heterocycles. The number of halogens is 2. The maximum Gasteiger partial charge on any atom is 0.378 e. The Morgan fingerprint density at radius 1 is 0.761 bits per heavy atom. The highest BCUT2D eigenvalue weighted by Gasteiger charge is 2.58. The highest BCUT2D eigenvalue weighted by molar-refractivity contribution is 7.79. The van der Waals surface area contributed by atoms with E-state index in [0.717, 1.165) is 19.3 Å². The summed E-state index contributed by atoms with van der Waals surface area (Å²) in [5.41, 5.74) is 0.935. The maximum atomic E-state index is 13.9. The molecule has 0 amide bonds. The number of ether oxygens (including phenoxy) is 1. The van der Waals surface area contributed by atoms with Gasteiger partial charge >= 0.3 is 17.9 Å². The molecule has 1 unspecified atom stereocenters. The fourth-order valence-electron chi connectivity index (χ4n) is 8.20. The van der Waals surface area contributed by atoms with Crippen LogP contribution in [0.3, 0.4) is 0 Å². The van der Waals surface area contributed by atoms with Crippen molar-refractivity contribution in [3.63, 3.8) is 0 Å². The van der Waals surface area contributed by atoms with E-state index < -0.39 is 43.2 Å². The van der Waals surface area contributed by atoms with Crippen molar-refractivity contribution in [2.24, 2.45) is 29.1 Å². The molecule has 4 fully saturated rings. The van der Waals surface area contributed by atoms with E-state index in [1.165, 1.54) is 35.3 Å². The molecule has 4 aliphatic rings. The van der Waals surface area contributed by atoms with Crippen molar-refractivity contribution in [2.75, 3.05) is 0 Å². The topological polar surface area (TPSA) is 63.6 Å². The van der Waals surface area contributed by atoms with Gasteiger partial charge in [0.15, 0.2) is 6.10 Å². The second-order valence-electron chi connectivity index (χ2n) is 15.1. The highest BCUT2D eigenvalue weighted by Crippen LogP contribution is 2.60. The number of hydrogen-bond acceptors (Lipinski definition) is 3. The van der Waals surface area contributed by atoms with E-state index >= 15 is 0 Å². The van der Waals surface area contributed by atoms with E-state index in [1.807, 2.05) is 0 Å². The number of esters is 1. The Morgan fingerprint density at radius 2 is 1.17 bits per heavy atom. The molecule has 4 saturated carbocycles. The predicted octanol–water partition coefficient (Wildman–Crippen LogP) is 7.97. The monoisotopic (exact) mass is 649 g/mol. The first kappa shape index (κ1) is 34.2. The molecule has 246 valence electrons. The number of carboxylic acids is 1. The van der Waals surface area contributed by atoms with Crippen LogP contribution in [-0.4, -0.2) is 29.1 Å². The first-order chi connectivity index (χ1) is 21.7. The maximum absolute atomic E-state index is 13.9. The first-order valence-electron chi connectivity index (χ1n) is 16.6. The lowest BCUT2D eigenvalue weighted by atomic mass is 9.49. The minimum absolute atomic E-state index is 0.199. The second kappa shape index (κ2) is 13.6. The van der Waals surface area contributed by atoms with Crippen LogP contribution in [0, 0.1) is 29.1 Å². The average Bonchev–Trinajstić information content (AvgIpc) is 3.00. The van der Waals surface area contributed by atoms with Crippen molar-refractivity contribution >= 4 is 35.8 Å². The van der Waals surface area contributed by atoms with E-state index in [1.54, 1.807) is 0 Å². The summed E-state index contributed by atoms with van der Waals surface area (Å²) in [5.74, 6) is -6.19. The number of carbonyl (C=O) groups is 2. The fraction of sp³-hybridized carbons (Fsp3) is 0.487. The number of carbonyl (C=O) groups excluding carboxylic acids is 1. The van der Waals surface area contributed by atoms with Gasteiger partial charge in [-0.25, -0.2) is 4.79 Å². The third kappa shape index (κ3) is 7.38. The first-order valence-corrected chi connectivity index (χ1v) is 18.1. The van der Waals surface area contributed by atoms with Gasteiger partial charge in [-0.2, -0.15) is 8.78 Å². The molecule has 4 nitrogen and oxygen atoms in total. The Labute approximate surface area is 273 Å². The van der Waals surface area contributed by atoms with E-state index in [2.05, 4.69) is 106 Å². The van der Waals surface area contributed by atoms with E-state index in [4.69, 9.17) is 9.84 Å². The number of carboxylic acid groups (broad SMARTS) is 1. The van der Waals surface area contributed by atoms with Gasteiger partial charge in [0, 0.05) is 0 Å². The molecule has 0 aromatic heterocycles. The molecule has 46 heavy (non-hydrogen) atoms. The summed E-state index contributed by atoms with van der Waals surface area (Å²) in [7, 11) is -0.939. The Bertz CT molecular complexity index is 1410. The number of alkyl halides is 2. The van der Waals surface area contributed by atoms with Crippen LogP contribution < -0.4 is 15.9 Å². The molecule has 0 saturated heterocycles. The summed E-state index contributed by atoms with van der Waals surface area (Å²) >= 11 is 0. The molecule has 4 aliphatic carbocycles. The second-order valence-corrected chi connectivity index (χ2v) is 17.6. The lowest BCUT2D eigenvalue weighted by Crippen LogP contribution is -2.54. The summed E-state index contributed by atoms with van der Waals surface area (Å²) in [6.07, 6.45) is 3.60. The molecular formula is C39H48F2O4P+. The van der Waals surface area contributed by atoms with E-state index in [-0.39, 0.29) is 5.41 Å². The molecule has 1 atom stereocenters. The van der Waals surface area contributed by atoms with Crippen molar-refractivity contribution in [1.29, 1.82) is 0 Å². The van der Waals surface area contributed by atoms with Gasteiger partial charge in [-0.3, -0.25) is 4.79 Å². The van der Waals surface area contributed by atoms with Gasteiger partial charge < -0.3 is 9.84 Å². The summed E-state index contributed by atoms with van der Waals surface area (Å²) in [6, 6.07) is 31.1. The third-order valence-corrected chi connectivity index (χ3v) is 12.8. The smallest absolute Gasteiger partial charge is 0.378 e. The number of aliphatic carboxylic acids is 1. The van der Waals surface area contributed by atoms with Crippen LogP contribution >= 0.6 is 7.92 Å². The lowest BCUT2D eigenvalue weighted by Gasteiger charge is -2.55. The standard InChI is InChI=1S/C22H23P.C17H24F2O4/c1-22(2,3)18-14-16-21(17-15-18)23(19-10-6-4-7-11-19)20-12-8-5-9-13-20;1-9(2)13(17(18,19)14(20)21)23-15(22)16-6-10-3-11(7-16)5-12(4-10)8-16/h4-17H,1-3H3;9-13H,3-8H2,1-2H3,(H,20,21)/p+1.